The predicted molar refractivity (Wildman–Crippen MR) is 139 cm³/mol. The highest BCUT2D eigenvalue weighted by Crippen LogP contribution is 2.38. The lowest BCUT2D eigenvalue weighted by Gasteiger charge is -2.32. The van der Waals surface area contributed by atoms with Crippen LogP contribution in [-0.4, -0.2) is 40.8 Å². The minimum absolute atomic E-state index is 0.0128. The fourth-order valence-corrected chi connectivity index (χ4v) is 5.37. The Morgan fingerprint density at radius 3 is 1.13 bits per heavy atom. The fraction of sp³-hybridized carbons (Fsp3) is 0.538. The highest BCUT2D eigenvalue weighted by Gasteiger charge is 2.53. The SMILES string of the molecule is CC1(C)OB(c2cc(C(F)F)cc(S(=O)c3cc(B4OC(C)(C)C(C)(C)O4)cc(C(F)F)c3)c2)OC1(C)C. The number of alkyl halides is 4. The third-order valence-electron chi connectivity index (χ3n) is 7.89. The molecule has 0 N–H and O–H groups in total. The van der Waals surface area contributed by atoms with Crippen molar-refractivity contribution in [2.24, 2.45) is 0 Å². The van der Waals surface area contributed by atoms with Gasteiger partial charge in [-0.1, -0.05) is 12.1 Å². The quantitative estimate of drug-likeness (QED) is 0.357. The van der Waals surface area contributed by atoms with E-state index in [1.54, 1.807) is 0 Å². The lowest BCUT2D eigenvalue weighted by Crippen LogP contribution is -2.41. The Hall–Kier alpha value is -1.72. The number of hydrogen-bond donors (Lipinski definition) is 0. The van der Waals surface area contributed by atoms with Gasteiger partial charge in [-0.05, 0) is 90.6 Å². The molecule has 0 aromatic heterocycles. The van der Waals surface area contributed by atoms with Crippen LogP contribution in [0.25, 0.3) is 0 Å². The van der Waals surface area contributed by atoms with E-state index in [1.165, 1.54) is 24.3 Å². The van der Waals surface area contributed by atoms with Crippen molar-refractivity contribution >= 4 is 36.0 Å². The second-order valence-electron chi connectivity index (χ2n) is 11.7. The maximum Gasteiger partial charge on any atom is 0.494 e. The van der Waals surface area contributed by atoms with Crippen molar-refractivity contribution in [1.29, 1.82) is 0 Å². The Kier molecular flexibility index (Phi) is 7.49. The minimum atomic E-state index is -2.86. The van der Waals surface area contributed by atoms with Crippen LogP contribution in [0.15, 0.2) is 46.2 Å². The summed E-state index contributed by atoms with van der Waals surface area (Å²) in [6, 6.07) is 7.62. The van der Waals surface area contributed by atoms with E-state index in [0.29, 0.717) is 0 Å². The molecular formula is C26H32B2F4O5S. The molecule has 206 valence electrons. The summed E-state index contributed by atoms with van der Waals surface area (Å²) in [5, 5.41) is 0. The van der Waals surface area contributed by atoms with Gasteiger partial charge in [-0.25, -0.2) is 21.8 Å². The van der Waals surface area contributed by atoms with Crippen LogP contribution in [-0.2, 0) is 29.4 Å². The minimum Gasteiger partial charge on any atom is -0.399 e. The molecule has 0 atom stereocenters. The fourth-order valence-electron chi connectivity index (χ4n) is 4.12. The average molecular weight is 554 g/mol. The second kappa shape index (κ2) is 9.73. The Morgan fingerprint density at radius 1 is 0.579 bits per heavy atom. The van der Waals surface area contributed by atoms with E-state index in [1.807, 2.05) is 55.4 Å². The summed E-state index contributed by atoms with van der Waals surface area (Å²) in [7, 11) is -4.03. The molecular weight excluding hydrogens is 522 g/mol. The summed E-state index contributed by atoms with van der Waals surface area (Å²) >= 11 is 0. The average Bonchev–Trinajstić information content (AvgIpc) is 3.17. The van der Waals surface area contributed by atoms with Crippen molar-refractivity contribution in [2.45, 2.75) is 100 Å². The molecule has 0 spiro atoms. The second-order valence-corrected chi connectivity index (χ2v) is 13.2. The Balaban J connectivity index is 1.76. The number of rotatable bonds is 6. The van der Waals surface area contributed by atoms with Gasteiger partial charge in [-0.2, -0.15) is 0 Å². The summed E-state index contributed by atoms with van der Waals surface area (Å²) in [6.07, 6.45) is -5.72. The maximum absolute atomic E-state index is 13.9. The molecule has 0 saturated carbocycles. The zero-order valence-electron chi connectivity index (χ0n) is 22.7. The molecule has 2 fully saturated rings. The van der Waals surface area contributed by atoms with Crippen molar-refractivity contribution < 1.29 is 40.4 Å². The largest absolute Gasteiger partial charge is 0.494 e. The van der Waals surface area contributed by atoms with Gasteiger partial charge in [0.2, 0.25) is 0 Å². The molecule has 0 unspecified atom stereocenters. The van der Waals surface area contributed by atoms with Crippen molar-refractivity contribution in [3.8, 4) is 0 Å². The van der Waals surface area contributed by atoms with Crippen molar-refractivity contribution in [2.75, 3.05) is 0 Å². The smallest absolute Gasteiger partial charge is 0.399 e. The van der Waals surface area contributed by atoms with Crippen LogP contribution in [0.2, 0.25) is 0 Å². The molecule has 38 heavy (non-hydrogen) atoms. The number of hydrogen-bond acceptors (Lipinski definition) is 5. The molecule has 2 aliphatic heterocycles. The summed E-state index contributed by atoms with van der Waals surface area (Å²) in [5.41, 5.74) is -3.11. The highest BCUT2D eigenvalue weighted by molar-refractivity contribution is 7.85. The topological polar surface area (TPSA) is 54.0 Å². The normalized spacial score (nSPS) is 21.8. The monoisotopic (exact) mass is 554 g/mol. The van der Waals surface area contributed by atoms with Gasteiger partial charge in [-0.3, -0.25) is 0 Å². The van der Waals surface area contributed by atoms with Crippen LogP contribution < -0.4 is 10.9 Å². The molecule has 2 aromatic carbocycles. The van der Waals surface area contributed by atoms with Crippen molar-refractivity contribution in [1.82, 2.24) is 0 Å². The molecule has 0 bridgehead atoms. The summed E-state index contributed by atoms with van der Waals surface area (Å²) in [4.78, 5) is 0.0255. The van der Waals surface area contributed by atoms with E-state index >= 15 is 0 Å². The van der Waals surface area contributed by atoms with Crippen LogP contribution in [0.3, 0.4) is 0 Å². The van der Waals surface area contributed by atoms with Crippen LogP contribution in [0.1, 0.15) is 79.4 Å². The molecule has 4 rings (SSSR count). The Bertz CT molecular complexity index is 1130. The van der Waals surface area contributed by atoms with Crippen LogP contribution >= 0.6 is 0 Å². The van der Waals surface area contributed by atoms with Gasteiger partial charge in [0.15, 0.2) is 0 Å². The zero-order chi connectivity index (χ0) is 28.4. The molecule has 2 aliphatic rings. The molecule has 2 aromatic rings. The molecule has 5 nitrogen and oxygen atoms in total. The first-order valence-corrected chi connectivity index (χ1v) is 13.5. The Labute approximate surface area is 224 Å². The summed E-state index contributed by atoms with van der Waals surface area (Å²) in [6.45, 7) is 14.6. The first kappa shape index (κ1) is 29.3. The van der Waals surface area contributed by atoms with Gasteiger partial charge in [0.1, 0.15) is 0 Å². The summed E-state index contributed by atoms with van der Waals surface area (Å²) < 4.78 is 93.1. The maximum atomic E-state index is 13.9. The van der Waals surface area contributed by atoms with Gasteiger partial charge < -0.3 is 18.6 Å². The van der Waals surface area contributed by atoms with E-state index < -0.39 is 60.3 Å². The Morgan fingerprint density at radius 2 is 0.868 bits per heavy atom. The highest BCUT2D eigenvalue weighted by atomic mass is 32.2. The zero-order valence-corrected chi connectivity index (χ0v) is 23.6. The van der Waals surface area contributed by atoms with E-state index in [9.17, 15) is 21.8 Å². The molecule has 0 aliphatic carbocycles. The summed E-state index contributed by atoms with van der Waals surface area (Å²) in [5.74, 6) is 0. The molecule has 2 heterocycles. The van der Waals surface area contributed by atoms with Crippen molar-refractivity contribution in [3.63, 3.8) is 0 Å². The van der Waals surface area contributed by atoms with Gasteiger partial charge in [0.05, 0.1) is 33.2 Å². The van der Waals surface area contributed by atoms with E-state index in [4.69, 9.17) is 18.6 Å². The third kappa shape index (κ3) is 5.35. The third-order valence-corrected chi connectivity index (χ3v) is 9.21. The van der Waals surface area contributed by atoms with Crippen LogP contribution in [0, 0.1) is 0 Å². The predicted octanol–water partition coefficient (Wildman–Crippen LogP) is 5.33. The molecule has 12 heteroatoms. The van der Waals surface area contributed by atoms with Gasteiger partial charge in [-0.15, -0.1) is 0 Å². The van der Waals surface area contributed by atoms with Crippen molar-refractivity contribution in [3.05, 3.63) is 47.5 Å². The molecule has 0 amide bonds. The number of halogens is 4. The van der Waals surface area contributed by atoms with E-state index in [-0.39, 0.29) is 31.8 Å². The first-order valence-electron chi connectivity index (χ1n) is 12.3. The van der Waals surface area contributed by atoms with Crippen LogP contribution in [0.5, 0.6) is 0 Å². The lowest BCUT2D eigenvalue weighted by molar-refractivity contribution is 0.00578. The lowest BCUT2D eigenvalue weighted by atomic mass is 9.78. The van der Waals surface area contributed by atoms with E-state index in [0.717, 1.165) is 12.1 Å². The van der Waals surface area contributed by atoms with Gasteiger partial charge in [0.25, 0.3) is 12.9 Å². The molecule has 0 radical (unpaired) electrons. The first-order chi connectivity index (χ1) is 17.3. The van der Waals surface area contributed by atoms with Gasteiger partial charge in [0, 0.05) is 20.9 Å². The number of benzene rings is 2. The van der Waals surface area contributed by atoms with E-state index in [2.05, 4.69) is 0 Å². The standard InChI is InChI=1S/C26H32B2F4O5S/c1-23(2)24(3,4)35-27(34-23)17-9-15(21(29)30)11-19(13-17)38(33)20-12-16(22(31)32)10-18(14-20)28-36-25(5,6)26(7,8)37-28/h9-14,21-22H,1-8H3. The van der Waals surface area contributed by atoms with Gasteiger partial charge >= 0.3 is 14.2 Å². The molecule has 2 saturated heterocycles. The van der Waals surface area contributed by atoms with Crippen LogP contribution in [0.4, 0.5) is 17.6 Å².